The number of aromatic nitrogens is 1. The number of nitrogens with zero attached hydrogens (tertiary/aromatic N) is 1. The molecule has 0 amide bonds. The Morgan fingerprint density at radius 3 is 2.33 bits per heavy atom. The Balaban J connectivity index is 1.79. The molecule has 0 fully saturated rings. The van der Waals surface area contributed by atoms with Crippen molar-refractivity contribution in [3.05, 3.63) is 119 Å². The van der Waals surface area contributed by atoms with Gasteiger partial charge in [-0.1, -0.05) is 90.5 Å². The number of aryl methyl sites for hydroxylation is 1. The Labute approximate surface area is 181 Å². The van der Waals surface area contributed by atoms with Gasteiger partial charge in [-0.2, -0.15) is 0 Å². The molecule has 4 aromatic rings. The highest BCUT2D eigenvalue weighted by Crippen LogP contribution is 2.34. The molecule has 0 N–H and O–H groups in total. The Hall–Kier alpha value is -3.49. The van der Waals surface area contributed by atoms with E-state index in [-0.39, 0.29) is 5.78 Å². The molecule has 3 aromatic carbocycles. The number of benzene rings is 3. The van der Waals surface area contributed by atoms with E-state index in [0.29, 0.717) is 16.3 Å². The van der Waals surface area contributed by atoms with E-state index in [1.807, 2.05) is 97.9 Å². The Bertz CT molecular complexity index is 1260. The average molecular weight is 410 g/mol. The molecule has 30 heavy (non-hydrogen) atoms. The fraction of sp³-hybridized carbons (Fsp3) is 0.0370. The van der Waals surface area contributed by atoms with Crippen molar-refractivity contribution in [1.29, 1.82) is 0 Å². The summed E-state index contributed by atoms with van der Waals surface area (Å²) in [5.41, 5.74) is 5.03. The summed E-state index contributed by atoms with van der Waals surface area (Å²) >= 11 is 6.27. The Morgan fingerprint density at radius 1 is 0.900 bits per heavy atom. The molecule has 0 saturated heterocycles. The SMILES string of the molecule is Cc1nc2ccc(Cl)cc2c(-c2ccccc2)c1C(=O)C=CC=Cc1ccccc1. The Kier molecular flexibility index (Phi) is 5.87. The Morgan fingerprint density at radius 2 is 1.60 bits per heavy atom. The van der Waals surface area contributed by atoms with Gasteiger partial charge < -0.3 is 0 Å². The standard InChI is InChI=1S/C27H20ClNO/c1-19-26(25(30)15-9-8-12-20-10-4-2-5-11-20)27(21-13-6-3-7-14-21)23-18-22(28)16-17-24(23)29-19/h2-18H,1H3. The minimum Gasteiger partial charge on any atom is -0.289 e. The molecule has 0 atom stereocenters. The maximum Gasteiger partial charge on any atom is 0.188 e. The van der Waals surface area contributed by atoms with Gasteiger partial charge in [0.25, 0.3) is 0 Å². The van der Waals surface area contributed by atoms with Crippen molar-refractivity contribution in [2.24, 2.45) is 0 Å². The highest BCUT2D eigenvalue weighted by molar-refractivity contribution is 6.31. The average Bonchev–Trinajstić information content (AvgIpc) is 2.77. The van der Waals surface area contributed by atoms with Crippen molar-refractivity contribution >= 4 is 34.4 Å². The van der Waals surface area contributed by atoms with E-state index in [1.54, 1.807) is 12.2 Å². The molecular weight excluding hydrogens is 390 g/mol. The van der Waals surface area contributed by atoms with Crippen LogP contribution in [0, 0.1) is 6.92 Å². The van der Waals surface area contributed by atoms with Crippen LogP contribution in [0.2, 0.25) is 5.02 Å². The van der Waals surface area contributed by atoms with Crippen LogP contribution in [-0.4, -0.2) is 10.8 Å². The van der Waals surface area contributed by atoms with Gasteiger partial charge in [0.1, 0.15) is 0 Å². The van der Waals surface area contributed by atoms with Gasteiger partial charge in [0.2, 0.25) is 0 Å². The fourth-order valence-corrected chi connectivity index (χ4v) is 3.69. The summed E-state index contributed by atoms with van der Waals surface area (Å²) < 4.78 is 0. The number of allylic oxidation sites excluding steroid dienone is 3. The third-order valence-electron chi connectivity index (χ3n) is 4.88. The lowest BCUT2D eigenvalue weighted by molar-refractivity contribution is 0.104. The van der Waals surface area contributed by atoms with Crippen LogP contribution in [0.4, 0.5) is 0 Å². The number of hydrogen-bond donors (Lipinski definition) is 0. The maximum absolute atomic E-state index is 13.2. The van der Waals surface area contributed by atoms with Gasteiger partial charge in [-0.05, 0) is 42.3 Å². The summed E-state index contributed by atoms with van der Waals surface area (Å²) in [7, 11) is 0. The highest BCUT2D eigenvalue weighted by atomic mass is 35.5. The van der Waals surface area contributed by atoms with Crippen LogP contribution in [0.5, 0.6) is 0 Å². The lowest BCUT2D eigenvalue weighted by atomic mass is 9.92. The topological polar surface area (TPSA) is 30.0 Å². The van der Waals surface area contributed by atoms with E-state index < -0.39 is 0 Å². The zero-order valence-corrected chi connectivity index (χ0v) is 17.3. The second-order valence-electron chi connectivity index (χ2n) is 6.97. The minimum atomic E-state index is -0.0848. The quantitative estimate of drug-likeness (QED) is 0.196. The summed E-state index contributed by atoms with van der Waals surface area (Å²) in [5, 5.41) is 1.49. The third kappa shape index (κ3) is 4.24. The first-order valence-electron chi connectivity index (χ1n) is 9.73. The van der Waals surface area contributed by atoms with Gasteiger partial charge in [0, 0.05) is 21.7 Å². The van der Waals surface area contributed by atoms with Gasteiger partial charge in [-0.3, -0.25) is 9.78 Å². The van der Waals surface area contributed by atoms with Crippen LogP contribution < -0.4 is 0 Å². The third-order valence-corrected chi connectivity index (χ3v) is 5.12. The van der Waals surface area contributed by atoms with Crippen LogP contribution >= 0.6 is 11.6 Å². The number of rotatable bonds is 5. The molecule has 0 unspecified atom stereocenters. The molecule has 0 aliphatic carbocycles. The zero-order valence-electron chi connectivity index (χ0n) is 16.5. The summed E-state index contributed by atoms with van der Waals surface area (Å²) in [6, 6.07) is 25.5. The van der Waals surface area contributed by atoms with Crippen molar-refractivity contribution in [3.63, 3.8) is 0 Å². The molecule has 146 valence electrons. The molecule has 1 heterocycles. The van der Waals surface area contributed by atoms with Crippen LogP contribution in [-0.2, 0) is 0 Å². The summed E-state index contributed by atoms with van der Waals surface area (Å²) in [6.45, 7) is 1.88. The molecular formula is C27H20ClNO. The van der Waals surface area contributed by atoms with Crippen LogP contribution in [0.1, 0.15) is 21.6 Å². The van der Waals surface area contributed by atoms with E-state index in [4.69, 9.17) is 11.6 Å². The first kappa shape index (κ1) is 19.8. The number of hydrogen-bond acceptors (Lipinski definition) is 2. The second-order valence-corrected chi connectivity index (χ2v) is 7.40. The van der Waals surface area contributed by atoms with E-state index in [1.165, 1.54) is 0 Å². The molecule has 4 rings (SSSR count). The lowest BCUT2D eigenvalue weighted by Crippen LogP contribution is -2.05. The van der Waals surface area contributed by atoms with Crippen molar-refractivity contribution in [2.75, 3.05) is 0 Å². The normalized spacial score (nSPS) is 11.5. The zero-order chi connectivity index (χ0) is 20.9. The second kappa shape index (κ2) is 8.89. The maximum atomic E-state index is 13.2. The minimum absolute atomic E-state index is 0.0848. The van der Waals surface area contributed by atoms with Crippen molar-refractivity contribution < 1.29 is 4.79 Å². The smallest absolute Gasteiger partial charge is 0.188 e. The van der Waals surface area contributed by atoms with E-state index in [2.05, 4.69) is 4.98 Å². The first-order chi connectivity index (χ1) is 14.6. The molecule has 0 radical (unpaired) electrons. The molecule has 0 saturated carbocycles. The largest absolute Gasteiger partial charge is 0.289 e. The van der Waals surface area contributed by atoms with E-state index >= 15 is 0 Å². The lowest BCUT2D eigenvalue weighted by Gasteiger charge is -2.14. The van der Waals surface area contributed by atoms with Gasteiger partial charge in [-0.15, -0.1) is 0 Å². The van der Waals surface area contributed by atoms with E-state index in [9.17, 15) is 4.79 Å². The summed E-state index contributed by atoms with van der Waals surface area (Å²) in [4.78, 5) is 17.9. The molecule has 0 aliphatic rings. The highest BCUT2D eigenvalue weighted by Gasteiger charge is 2.19. The number of carbonyl (C=O) groups excluding carboxylic acids is 1. The number of ketones is 1. The van der Waals surface area contributed by atoms with Gasteiger partial charge >= 0.3 is 0 Å². The summed E-state index contributed by atoms with van der Waals surface area (Å²) in [6.07, 6.45) is 7.20. The summed E-state index contributed by atoms with van der Waals surface area (Å²) in [5.74, 6) is -0.0848. The molecule has 1 aromatic heterocycles. The molecule has 0 aliphatic heterocycles. The molecule has 2 nitrogen and oxygen atoms in total. The molecule has 0 bridgehead atoms. The van der Waals surface area contributed by atoms with Crippen LogP contribution in [0.15, 0.2) is 97.1 Å². The van der Waals surface area contributed by atoms with Gasteiger partial charge in [0.15, 0.2) is 5.78 Å². The first-order valence-corrected chi connectivity index (χ1v) is 10.1. The number of fused-ring (bicyclic) bond motifs is 1. The van der Waals surface area contributed by atoms with Gasteiger partial charge in [0.05, 0.1) is 11.1 Å². The van der Waals surface area contributed by atoms with Crippen LogP contribution in [0.25, 0.3) is 28.1 Å². The fourth-order valence-electron chi connectivity index (χ4n) is 3.52. The van der Waals surface area contributed by atoms with Crippen LogP contribution in [0.3, 0.4) is 0 Å². The predicted octanol–water partition coefficient (Wildman–Crippen LogP) is 7.32. The van der Waals surface area contributed by atoms with Crippen molar-refractivity contribution in [1.82, 2.24) is 4.98 Å². The van der Waals surface area contributed by atoms with Gasteiger partial charge in [-0.25, -0.2) is 0 Å². The predicted molar refractivity (Wildman–Crippen MR) is 126 cm³/mol. The van der Waals surface area contributed by atoms with E-state index in [0.717, 1.165) is 27.6 Å². The van der Waals surface area contributed by atoms with Crippen molar-refractivity contribution in [3.8, 4) is 11.1 Å². The molecule has 3 heteroatoms. The number of carbonyl (C=O) groups is 1. The molecule has 0 spiro atoms. The number of pyridine rings is 1. The monoisotopic (exact) mass is 409 g/mol. The number of halogens is 1. The van der Waals surface area contributed by atoms with Crippen molar-refractivity contribution in [2.45, 2.75) is 6.92 Å².